The van der Waals surface area contributed by atoms with Crippen LogP contribution in [0.1, 0.15) is 27.2 Å². The van der Waals surface area contributed by atoms with Crippen LogP contribution >= 0.6 is 11.6 Å². The molecular weight excluding hydrogens is 234 g/mol. The van der Waals surface area contributed by atoms with Crippen LogP contribution in [0.3, 0.4) is 0 Å². The third kappa shape index (κ3) is 2.60. The van der Waals surface area contributed by atoms with Crippen LogP contribution in [0.2, 0.25) is 5.28 Å². The van der Waals surface area contributed by atoms with E-state index < -0.39 is 0 Å². The van der Waals surface area contributed by atoms with Crippen LogP contribution in [0.5, 0.6) is 0 Å². The van der Waals surface area contributed by atoms with Gasteiger partial charge in [-0.3, -0.25) is 0 Å². The average Bonchev–Trinajstić information content (AvgIpc) is 2.68. The highest BCUT2D eigenvalue weighted by atomic mass is 35.5. The molecule has 0 aliphatic rings. The molecule has 17 heavy (non-hydrogen) atoms. The van der Waals surface area contributed by atoms with E-state index in [4.69, 9.17) is 11.6 Å². The lowest BCUT2D eigenvalue weighted by atomic mass is 9.93. The molecule has 0 saturated heterocycles. The maximum Gasteiger partial charge on any atom is 0.224 e. The molecule has 0 amide bonds. The first-order valence-electron chi connectivity index (χ1n) is 6.09. The van der Waals surface area contributed by atoms with Crippen molar-refractivity contribution in [3.8, 4) is 0 Å². The third-order valence-electron chi connectivity index (χ3n) is 3.37. The highest BCUT2D eigenvalue weighted by Gasteiger charge is 2.13. The van der Waals surface area contributed by atoms with Crippen LogP contribution in [-0.2, 0) is 6.54 Å². The fraction of sp³-hybridized carbons (Fsp3) is 0.538. The number of nitrogens with zero attached hydrogens (tertiary/aromatic N) is 3. The normalized spacial score (nSPS) is 13.5. The van der Waals surface area contributed by atoms with Crippen molar-refractivity contribution in [3.05, 3.63) is 23.7 Å². The molecule has 3 nitrogen and oxygen atoms in total. The lowest BCUT2D eigenvalue weighted by molar-refractivity contribution is 0.328. The fourth-order valence-electron chi connectivity index (χ4n) is 2.16. The predicted molar refractivity (Wildman–Crippen MR) is 71.2 cm³/mol. The summed E-state index contributed by atoms with van der Waals surface area (Å²) in [4.78, 5) is 8.30. The molecule has 2 heterocycles. The van der Waals surface area contributed by atoms with Crippen molar-refractivity contribution in [3.63, 3.8) is 0 Å². The lowest BCUT2D eigenvalue weighted by Crippen LogP contribution is -2.15. The van der Waals surface area contributed by atoms with Gasteiger partial charge in [-0.15, -0.1) is 0 Å². The quantitative estimate of drug-likeness (QED) is 0.775. The van der Waals surface area contributed by atoms with Gasteiger partial charge in [0.15, 0.2) is 0 Å². The summed E-state index contributed by atoms with van der Waals surface area (Å²) in [7, 11) is 0. The van der Waals surface area contributed by atoms with Gasteiger partial charge in [-0.05, 0) is 29.5 Å². The molecule has 0 aromatic carbocycles. The largest absolute Gasteiger partial charge is 0.332 e. The van der Waals surface area contributed by atoms with Crippen LogP contribution < -0.4 is 0 Å². The first kappa shape index (κ1) is 12.4. The summed E-state index contributed by atoms with van der Waals surface area (Å²) in [6.07, 6.45) is 5.02. The zero-order chi connectivity index (χ0) is 12.4. The number of hydrogen-bond donors (Lipinski definition) is 0. The monoisotopic (exact) mass is 251 g/mol. The number of aromatic nitrogens is 3. The molecule has 2 aromatic heterocycles. The molecule has 0 spiro atoms. The summed E-state index contributed by atoms with van der Waals surface area (Å²) in [5.41, 5.74) is 0.934. The zero-order valence-corrected chi connectivity index (χ0v) is 11.3. The zero-order valence-electron chi connectivity index (χ0n) is 10.5. The molecule has 0 unspecified atom stereocenters. The molecule has 0 aliphatic carbocycles. The molecule has 4 heteroatoms. The average molecular weight is 252 g/mol. The number of halogens is 1. The van der Waals surface area contributed by atoms with Crippen LogP contribution in [-0.4, -0.2) is 14.5 Å². The van der Waals surface area contributed by atoms with Crippen molar-refractivity contribution in [2.45, 2.75) is 33.7 Å². The van der Waals surface area contributed by atoms with Crippen LogP contribution in [0.25, 0.3) is 11.0 Å². The van der Waals surface area contributed by atoms with E-state index in [1.54, 1.807) is 6.20 Å². The predicted octanol–water partition coefficient (Wildman–Crippen LogP) is 3.77. The topological polar surface area (TPSA) is 30.7 Å². The van der Waals surface area contributed by atoms with E-state index in [0.29, 0.717) is 17.1 Å². The molecule has 92 valence electrons. The van der Waals surface area contributed by atoms with Gasteiger partial charge in [-0.1, -0.05) is 27.2 Å². The molecule has 0 fully saturated rings. The van der Waals surface area contributed by atoms with E-state index in [1.807, 2.05) is 6.07 Å². The van der Waals surface area contributed by atoms with Crippen molar-refractivity contribution in [2.75, 3.05) is 0 Å². The summed E-state index contributed by atoms with van der Waals surface area (Å²) in [6, 6.07) is 2.04. The van der Waals surface area contributed by atoms with Crippen molar-refractivity contribution >= 4 is 22.6 Å². The molecule has 0 N–H and O–H groups in total. The highest BCUT2D eigenvalue weighted by Crippen LogP contribution is 2.21. The fourth-order valence-corrected chi connectivity index (χ4v) is 2.29. The van der Waals surface area contributed by atoms with E-state index in [2.05, 4.69) is 41.5 Å². The minimum absolute atomic E-state index is 0.315. The Morgan fingerprint density at radius 1 is 1.41 bits per heavy atom. The molecule has 0 saturated carbocycles. The molecule has 0 aliphatic heterocycles. The molecule has 0 bridgehead atoms. The summed E-state index contributed by atoms with van der Waals surface area (Å²) < 4.78 is 2.18. The minimum Gasteiger partial charge on any atom is -0.332 e. The van der Waals surface area contributed by atoms with Crippen LogP contribution in [0.4, 0.5) is 0 Å². The summed E-state index contributed by atoms with van der Waals surface area (Å²) in [5.74, 6) is 1.34. The minimum atomic E-state index is 0.315. The van der Waals surface area contributed by atoms with Gasteiger partial charge in [0.1, 0.15) is 5.65 Å². The number of fused-ring (bicyclic) bond motifs is 1. The number of rotatable bonds is 4. The van der Waals surface area contributed by atoms with Gasteiger partial charge in [0.2, 0.25) is 5.28 Å². The van der Waals surface area contributed by atoms with E-state index in [9.17, 15) is 0 Å². The van der Waals surface area contributed by atoms with Crippen molar-refractivity contribution in [1.29, 1.82) is 0 Å². The Labute approximate surface area is 107 Å². The van der Waals surface area contributed by atoms with E-state index in [-0.39, 0.29) is 0 Å². The Hall–Kier alpha value is -1.09. The van der Waals surface area contributed by atoms with Gasteiger partial charge in [0.25, 0.3) is 0 Å². The van der Waals surface area contributed by atoms with Crippen molar-refractivity contribution in [2.24, 2.45) is 11.8 Å². The summed E-state index contributed by atoms with van der Waals surface area (Å²) in [6.45, 7) is 7.76. The summed E-state index contributed by atoms with van der Waals surface area (Å²) >= 11 is 5.84. The van der Waals surface area contributed by atoms with Gasteiger partial charge in [0.05, 0.1) is 0 Å². The Kier molecular flexibility index (Phi) is 3.67. The van der Waals surface area contributed by atoms with Crippen LogP contribution in [0.15, 0.2) is 18.5 Å². The van der Waals surface area contributed by atoms with Crippen LogP contribution in [0, 0.1) is 11.8 Å². The molecule has 1 atom stereocenters. The van der Waals surface area contributed by atoms with Crippen molar-refractivity contribution in [1.82, 2.24) is 14.5 Å². The molecular formula is C13H18ClN3. The second kappa shape index (κ2) is 5.05. The Morgan fingerprint density at radius 2 is 2.18 bits per heavy atom. The van der Waals surface area contributed by atoms with E-state index >= 15 is 0 Å². The van der Waals surface area contributed by atoms with Gasteiger partial charge in [-0.25, -0.2) is 4.98 Å². The molecule has 2 rings (SSSR count). The maximum absolute atomic E-state index is 5.84. The highest BCUT2D eigenvalue weighted by molar-refractivity contribution is 6.28. The van der Waals surface area contributed by atoms with Gasteiger partial charge in [-0.2, -0.15) is 4.98 Å². The first-order chi connectivity index (χ1) is 8.11. The second-order valence-electron chi connectivity index (χ2n) is 4.80. The SMILES string of the molecule is CC[C@H](Cn1ccc2cnc(Cl)nc21)C(C)C. The van der Waals surface area contributed by atoms with E-state index in [0.717, 1.165) is 17.6 Å². The van der Waals surface area contributed by atoms with Gasteiger partial charge >= 0.3 is 0 Å². The number of hydrogen-bond acceptors (Lipinski definition) is 2. The Morgan fingerprint density at radius 3 is 2.82 bits per heavy atom. The molecule has 0 radical (unpaired) electrons. The Balaban J connectivity index is 2.32. The standard InChI is InChI=1S/C13H18ClN3/c1-4-10(9(2)3)8-17-6-5-11-7-15-13(14)16-12(11)17/h5-7,9-10H,4,8H2,1-3H3/t10-/m1/s1. The maximum atomic E-state index is 5.84. The lowest BCUT2D eigenvalue weighted by Gasteiger charge is -2.19. The van der Waals surface area contributed by atoms with Gasteiger partial charge < -0.3 is 4.57 Å². The smallest absolute Gasteiger partial charge is 0.224 e. The Bertz CT molecular complexity index is 504. The molecule has 2 aromatic rings. The first-order valence-corrected chi connectivity index (χ1v) is 6.47. The van der Waals surface area contributed by atoms with E-state index in [1.165, 1.54) is 6.42 Å². The third-order valence-corrected chi connectivity index (χ3v) is 3.55. The van der Waals surface area contributed by atoms with Crippen molar-refractivity contribution < 1.29 is 0 Å². The second-order valence-corrected chi connectivity index (χ2v) is 5.14. The van der Waals surface area contributed by atoms with Gasteiger partial charge in [0, 0.05) is 24.3 Å². The summed E-state index contributed by atoms with van der Waals surface area (Å²) in [5, 5.41) is 1.36.